The fraction of sp³-hybridized carbons (Fsp3) is 0.769. The Bertz CT molecular complexity index is 300. The molecule has 0 aliphatic carbocycles. The summed E-state index contributed by atoms with van der Waals surface area (Å²) >= 11 is 0. The topological polar surface area (TPSA) is 39.1 Å². The molecule has 2 atom stereocenters. The zero-order chi connectivity index (χ0) is 11.9. The third-order valence-electron chi connectivity index (χ3n) is 3.32. The van der Waals surface area contributed by atoms with Crippen LogP contribution in [0.3, 0.4) is 0 Å². The second kappa shape index (κ2) is 6.77. The molecule has 4 heteroatoms. The van der Waals surface area contributed by atoms with Gasteiger partial charge in [-0.05, 0) is 39.2 Å². The molecule has 1 aliphatic heterocycles. The van der Waals surface area contributed by atoms with Gasteiger partial charge < -0.3 is 14.6 Å². The standard InChI is InChI=1S/C13H23N3O/c1-12-10-13(4-9-17-12)15-5-2-3-7-16-8-6-14-11-16/h6,8,11-13,15H,2-5,7,9-10H2,1H3. The SMILES string of the molecule is CC1CC(NCCCCn2ccnc2)CCO1. The lowest BCUT2D eigenvalue weighted by atomic mass is 10.0. The van der Waals surface area contributed by atoms with E-state index in [4.69, 9.17) is 4.74 Å². The first-order valence-electron chi connectivity index (χ1n) is 6.65. The summed E-state index contributed by atoms with van der Waals surface area (Å²) in [6, 6.07) is 0.659. The van der Waals surface area contributed by atoms with E-state index < -0.39 is 0 Å². The van der Waals surface area contributed by atoms with Crippen LogP contribution in [0.25, 0.3) is 0 Å². The first-order valence-corrected chi connectivity index (χ1v) is 6.65. The van der Waals surface area contributed by atoms with Gasteiger partial charge in [0.25, 0.3) is 0 Å². The number of rotatable bonds is 6. The Hall–Kier alpha value is -0.870. The van der Waals surface area contributed by atoms with Gasteiger partial charge in [0.05, 0.1) is 12.4 Å². The Balaban J connectivity index is 1.51. The number of nitrogens with zero attached hydrogens (tertiary/aromatic N) is 2. The third-order valence-corrected chi connectivity index (χ3v) is 3.32. The molecule has 17 heavy (non-hydrogen) atoms. The van der Waals surface area contributed by atoms with E-state index in [0.29, 0.717) is 12.1 Å². The molecule has 0 amide bonds. The van der Waals surface area contributed by atoms with E-state index in [0.717, 1.165) is 32.5 Å². The van der Waals surface area contributed by atoms with Crippen LogP contribution in [0.5, 0.6) is 0 Å². The average Bonchev–Trinajstić information content (AvgIpc) is 2.82. The van der Waals surface area contributed by atoms with E-state index in [-0.39, 0.29) is 0 Å². The van der Waals surface area contributed by atoms with Crippen molar-refractivity contribution in [2.45, 2.75) is 51.3 Å². The highest BCUT2D eigenvalue weighted by molar-refractivity contribution is 4.75. The summed E-state index contributed by atoms with van der Waals surface area (Å²) in [5.41, 5.74) is 0. The van der Waals surface area contributed by atoms with Crippen molar-refractivity contribution in [3.63, 3.8) is 0 Å². The van der Waals surface area contributed by atoms with Crippen LogP contribution >= 0.6 is 0 Å². The van der Waals surface area contributed by atoms with Crippen molar-refractivity contribution in [1.29, 1.82) is 0 Å². The maximum Gasteiger partial charge on any atom is 0.0945 e. The first kappa shape index (κ1) is 12.6. The molecular weight excluding hydrogens is 214 g/mol. The van der Waals surface area contributed by atoms with Gasteiger partial charge in [0.1, 0.15) is 0 Å². The zero-order valence-electron chi connectivity index (χ0n) is 10.6. The molecule has 0 spiro atoms. The van der Waals surface area contributed by atoms with Crippen molar-refractivity contribution in [1.82, 2.24) is 14.9 Å². The summed E-state index contributed by atoms with van der Waals surface area (Å²) < 4.78 is 7.67. The molecule has 1 fully saturated rings. The molecule has 2 rings (SSSR count). The lowest BCUT2D eigenvalue weighted by Gasteiger charge is -2.28. The summed E-state index contributed by atoms with van der Waals surface area (Å²) in [4.78, 5) is 4.04. The van der Waals surface area contributed by atoms with Gasteiger partial charge in [0.15, 0.2) is 0 Å². The van der Waals surface area contributed by atoms with Gasteiger partial charge in [-0.2, -0.15) is 0 Å². The number of unbranched alkanes of at least 4 members (excludes halogenated alkanes) is 1. The van der Waals surface area contributed by atoms with Crippen LogP contribution < -0.4 is 5.32 Å². The molecular formula is C13H23N3O. The molecule has 2 unspecified atom stereocenters. The first-order chi connectivity index (χ1) is 8.34. The maximum atomic E-state index is 5.53. The Labute approximate surface area is 103 Å². The van der Waals surface area contributed by atoms with E-state index in [9.17, 15) is 0 Å². The van der Waals surface area contributed by atoms with Crippen LogP contribution in [0, 0.1) is 0 Å². The van der Waals surface area contributed by atoms with E-state index in [1.165, 1.54) is 12.8 Å². The van der Waals surface area contributed by atoms with Gasteiger partial charge in [-0.15, -0.1) is 0 Å². The van der Waals surface area contributed by atoms with E-state index >= 15 is 0 Å². The Kier molecular flexibility index (Phi) is 5.01. The van der Waals surface area contributed by atoms with Gasteiger partial charge >= 0.3 is 0 Å². The summed E-state index contributed by atoms with van der Waals surface area (Å²) in [5.74, 6) is 0. The fourth-order valence-corrected chi connectivity index (χ4v) is 2.33. The van der Waals surface area contributed by atoms with Crippen molar-refractivity contribution < 1.29 is 4.74 Å². The quantitative estimate of drug-likeness (QED) is 0.767. The van der Waals surface area contributed by atoms with Crippen LogP contribution in [0.2, 0.25) is 0 Å². The molecule has 1 aliphatic rings. The second-order valence-corrected chi connectivity index (χ2v) is 4.86. The normalized spacial score (nSPS) is 25.0. The van der Waals surface area contributed by atoms with Gasteiger partial charge in [0, 0.05) is 31.6 Å². The van der Waals surface area contributed by atoms with Gasteiger partial charge in [-0.3, -0.25) is 0 Å². The molecule has 1 saturated heterocycles. The Morgan fingerprint density at radius 1 is 1.47 bits per heavy atom. The minimum Gasteiger partial charge on any atom is -0.378 e. The minimum absolute atomic E-state index is 0.423. The number of imidazole rings is 1. The van der Waals surface area contributed by atoms with Crippen LogP contribution in [0.15, 0.2) is 18.7 Å². The van der Waals surface area contributed by atoms with E-state index in [2.05, 4.69) is 21.8 Å². The van der Waals surface area contributed by atoms with Crippen LogP contribution in [-0.2, 0) is 11.3 Å². The monoisotopic (exact) mass is 237 g/mol. The summed E-state index contributed by atoms with van der Waals surface area (Å²) in [7, 11) is 0. The summed E-state index contributed by atoms with van der Waals surface area (Å²) in [6.07, 6.45) is 10.9. The molecule has 0 bridgehead atoms. The highest BCUT2D eigenvalue weighted by Crippen LogP contribution is 2.12. The van der Waals surface area contributed by atoms with Gasteiger partial charge in [0.2, 0.25) is 0 Å². The second-order valence-electron chi connectivity index (χ2n) is 4.86. The third kappa shape index (κ3) is 4.48. The molecule has 1 N–H and O–H groups in total. The summed E-state index contributed by atoms with van der Waals surface area (Å²) in [5, 5.41) is 3.63. The maximum absolute atomic E-state index is 5.53. The zero-order valence-corrected chi connectivity index (χ0v) is 10.6. The molecule has 4 nitrogen and oxygen atoms in total. The van der Waals surface area contributed by atoms with Gasteiger partial charge in [-0.1, -0.05) is 0 Å². The molecule has 2 heterocycles. The van der Waals surface area contributed by atoms with Crippen LogP contribution in [0.1, 0.15) is 32.6 Å². The lowest BCUT2D eigenvalue weighted by Crippen LogP contribution is -2.38. The average molecular weight is 237 g/mol. The molecule has 0 radical (unpaired) electrons. The van der Waals surface area contributed by atoms with Crippen molar-refractivity contribution in [3.8, 4) is 0 Å². The highest BCUT2D eigenvalue weighted by Gasteiger charge is 2.17. The van der Waals surface area contributed by atoms with Crippen molar-refractivity contribution in [2.75, 3.05) is 13.2 Å². The van der Waals surface area contributed by atoms with E-state index in [1.54, 1.807) is 0 Å². The fourth-order valence-electron chi connectivity index (χ4n) is 2.33. The predicted octanol–water partition coefficient (Wildman–Crippen LogP) is 1.82. The smallest absolute Gasteiger partial charge is 0.0945 e. The number of aryl methyl sites for hydroxylation is 1. The van der Waals surface area contributed by atoms with Gasteiger partial charge in [-0.25, -0.2) is 4.98 Å². The van der Waals surface area contributed by atoms with Crippen molar-refractivity contribution in [3.05, 3.63) is 18.7 Å². The number of ether oxygens (including phenoxy) is 1. The van der Waals surface area contributed by atoms with Crippen LogP contribution in [-0.4, -0.2) is 34.8 Å². The van der Waals surface area contributed by atoms with E-state index in [1.807, 2.05) is 18.7 Å². The number of nitrogens with one attached hydrogen (secondary N) is 1. The Morgan fingerprint density at radius 3 is 3.18 bits per heavy atom. The lowest BCUT2D eigenvalue weighted by molar-refractivity contribution is 0.0134. The largest absolute Gasteiger partial charge is 0.378 e. The summed E-state index contributed by atoms with van der Waals surface area (Å²) in [6.45, 7) is 5.26. The number of aromatic nitrogens is 2. The predicted molar refractivity (Wildman–Crippen MR) is 67.9 cm³/mol. The molecule has 96 valence electrons. The van der Waals surface area contributed by atoms with Crippen molar-refractivity contribution in [2.24, 2.45) is 0 Å². The number of hydrogen-bond donors (Lipinski definition) is 1. The number of hydrogen-bond acceptors (Lipinski definition) is 3. The highest BCUT2D eigenvalue weighted by atomic mass is 16.5. The minimum atomic E-state index is 0.423. The van der Waals surface area contributed by atoms with Crippen LogP contribution in [0.4, 0.5) is 0 Å². The molecule has 0 saturated carbocycles. The molecule has 1 aromatic heterocycles. The molecule has 0 aromatic carbocycles. The molecule has 1 aromatic rings. The Morgan fingerprint density at radius 2 is 2.41 bits per heavy atom. The van der Waals surface area contributed by atoms with Crippen molar-refractivity contribution >= 4 is 0 Å².